The van der Waals surface area contributed by atoms with Crippen molar-refractivity contribution in [3.8, 4) is 5.75 Å². The first-order chi connectivity index (χ1) is 9.61. The zero-order chi connectivity index (χ0) is 14.5. The summed E-state index contributed by atoms with van der Waals surface area (Å²) in [5.74, 6) is -1.16. The summed E-state index contributed by atoms with van der Waals surface area (Å²) in [6.45, 7) is 0. The average Bonchev–Trinajstić information content (AvgIpc) is 2.44. The van der Waals surface area contributed by atoms with Crippen LogP contribution in [0.15, 0.2) is 47.1 Å². The predicted octanol–water partition coefficient (Wildman–Crippen LogP) is 3.26. The molecule has 0 radical (unpaired) electrons. The number of ether oxygens (including phenoxy) is 1. The van der Waals surface area contributed by atoms with Gasteiger partial charge in [-0.25, -0.2) is 0 Å². The number of nitrogens with zero attached hydrogens (tertiary/aromatic N) is 1. The van der Waals surface area contributed by atoms with E-state index in [-0.39, 0.29) is 0 Å². The number of aromatic nitrogens is 1. The summed E-state index contributed by atoms with van der Waals surface area (Å²) in [7, 11) is 1.51. The Hall–Kier alpha value is -1.88. The van der Waals surface area contributed by atoms with E-state index in [1.54, 1.807) is 18.3 Å². The Labute approximate surface area is 125 Å². The van der Waals surface area contributed by atoms with Gasteiger partial charge in [0.15, 0.2) is 0 Å². The maximum Gasteiger partial charge on any atom is 0.313 e. The van der Waals surface area contributed by atoms with Crippen LogP contribution in [-0.4, -0.2) is 23.2 Å². The van der Waals surface area contributed by atoms with Crippen molar-refractivity contribution in [1.29, 1.82) is 0 Å². The van der Waals surface area contributed by atoms with Crippen molar-refractivity contribution in [3.05, 3.63) is 58.3 Å². The van der Waals surface area contributed by atoms with Crippen molar-refractivity contribution >= 4 is 21.9 Å². The van der Waals surface area contributed by atoms with Crippen LogP contribution in [0.25, 0.3) is 0 Å². The molecule has 1 N–H and O–H groups in total. The zero-order valence-corrected chi connectivity index (χ0v) is 12.5. The third-order valence-corrected chi connectivity index (χ3v) is 3.47. The molecule has 2 rings (SSSR count). The van der Waals surface area contributed by atoms with Crippen LogP contribution in [0.5, 0.6) is 5.75 Å². The molecule has 0 saturated carbocycles. The van der Waals surface area contributed by atoms with Gasteiger partial charge in [-0.15, -0.1) is 0 Å². The van der Waals surface area contributed by atoms with Gasteiger partial charge in [-0.05, 0) is 36.2 Å². The molecule has 1 aromatic carbocycles. The molecule has 20 heavy (non-hydrogen) atoms. The van der Waals surface area contributed by atoms with Gasteiger partial charge < -0.3 is 9.84 Å². The molecule has 0 fully saturated rings. The van der Waals surface area contributed by atoms with Gasteiger partial charge in [-0.3, -0.25) is 9.78 Å². The molecular weight excluding hydrogens is 322 g/mol. The van der Waals surface area contributed by atoms with E-state index >= 15 is 0 Å². The lowest BCUT2D eigenvalue weighted by Gasteiger charge is -2.15. The molecule has 0 aliphatic rings. The number of carboxylic acid groups (broad SMARTS) is 1. The summed E-state index contributed by atoms with van der Waals surface area (Å²) in [5, 5.41) is 9.47. The lowest BCUT2D eigenvalue weighted by molar-refractivity contribution is -0.138. The molecule has 2 aromatic rings. The van der Waals surface area contributed by atoms with E-state index in [0.717, 1.165) is 10.0 Å². The monoisotopic (exact) mass is 335 g/mol. The Kier molecular flexibility index (Phi) is 4.74. The molecule has 4 nitrogen and oxygen atoms in total. The first-order valence-corrected chi connectivity index (χ1v) is 6.87. The zero-order valence-electron chi connectivity index (χ0n) is 10.9. The summed E-state index contributed by atoms with van der Waals surface area (Å²) in [4.78, 5) is 15.7. The fourth-order valence-electron chi connectivity index (χ4n) is 2.04. The van der Waals surface area contributed by atoms with Crippen molar-refractivity contribution < 1.29 is 14.6 Å². The first-order valence-electron chi connectivity index (χ1n) is 6.08. The Morgan fingerprint density at radius 3 is 2.85 bits per heavy atom. The average molecular weight is 336 g/mol. The number of benzene rings is 1. The molecule has 0 spiro atoms. The van der Waals surface area contributed by atoms with E-state index in [1.807, 2.05) is 24.3 Å². The highest BCUT2D eigenvalue weighted by atomic mass is 79.9. The van der Waals surface area contributed by atoms with Crippen molar-refractivity contribution in [2.45, 2.75) is 12.3 Å². The maximum absolute atomic E-state index is 11.6. The summed E-state index contributed by atoms with van der Waals surface area (Å²) >= 11 is 3.39. The summed E-state index contributed by atoms with van der Waals surface area (Å²) < 4.78 is 6.13. The first kappa shape index (κ1) is 14.5. The number of halogens is 1. The minimum Gasteiger partial charge on any atom is -0.495 e. The highest BCUT2D eigenvalue weighted by molar-refractivity contribution is 9.10. The van der Waals surface area contributed by atoms with Gasteiger partial charge in [-0.2, -0.15) is 0 Å². The van der Waals surface area contributed by atoms with Crippen LogP contribution in [0.2, 0.25) is 0 Å². The van der Waals surface area contributed by atoms with Crippen LogP contribution < -0.4 is 4.74 Å². The highest BCUT2D eigenvalue weighted by Crippen LogP contribution is 2.28. The molecule has 0 aliphatic heterocycles. The van der Waals surface area contributed by atoms with Crippen LogP contribution in [0.1, 0.15) is 17.2 Å². The van der Waals surface area contributed by atoms with Crippen LogP contribution in [0.3, 0.4) is 0 Å². The van der Waals surface area contributed by atoms with Crippen molar-refractivity contribution in [1.82, 2.24) is 4.98 Å². The Morgan fingerprint density at radius 1 is 1.40 bits per heavy atom. The second-order valence-corrected chi connectivity index (χ2v) is 5.23. The Morgan fingerprint density at radius 2 is 2.20 bits per heavy atom. The number of rotatable bonds is 5. The molecule has 1 heterocycles. The van der Waals surface area contributed by atoms with Crippen LogP contribution >= 0.6 is 15.9 Å². The van der Waals surface area contributed by atoms with E-state index in [2.05, 4.69) is 20.9 Å². The standard InChI is InChI=1S/C15H14BrNO3/c1-20-13-6-3-7-17-14(13)12(15(18)19)9-10-4-2-5-11(16)8-10/h2-8,12H,9H2,1H3,(H,18,19). The molecule has 104 valence electrons. The number of hydrogen-bond donors (Lipinski definition) is 1. The molecule has 1 atom stereocenters. The topological polar surface area (TPSA) is 59.4 Å². The molecular formula is C15H14BrNO3. The van der Waals surface area contributed by atoms with Crippen LogP contribution in [0, 0.1) is 0 Å². The minimum absolute atomic E-state index is 0.363. The molecule has 1 unspecified atom stereocenters. The van der Waals surface area contributed by atoms with Gasteiger partial charge >= 0.3 is 5.97 Å². The summed E-state index contributed by atoms with van der Waals surface area (Å²) in [6.07, 6.45) is 1.94. The quantitative estimate of drug-likeness (QED) is 0.910. The summed E-state index contributed by atoms with van der Waals surface area (Å²) in [5.41, 5.74) is 1.38. The predicted molar refractivity (Wildman–Crippen MR) is 79.0 cm³/mol. The van der Waals surface area contributed by atoms with Gasteiger partial charge in [0.25, 0.3) is 0 Å². The maximum atomic E-state index is 11.6. The number of carbonyl (C=O) groups is 1. The van der Waals surface area contributed by atoms with E-state index < -0.39 is 11.9 Å². The Bertz CT molecular complexity index is 616. The largest absolute Gasteiger partial charge is 0.495 e. The molecule has 0 bridgehead atoms. The summed E-state index contributed by atoms with van der Waals surface area (Å²) in [6, 6.07) is 11.0. The third kappa shape index (κ3) is 3.36. The molecule has 1 aromatic heterocycles. The lowest BCUT2D eigenvalue weighted by Crippen LogP contribution is -2.16. The lowest BCUT2D eigenvalue weighted by atomic mass is 9.95. The smallest absolute Gasteiger partial charge is 0.313 e. The number of carboxylic acids is 1. The minimum atomic E-state index is -0.915. The SMILES string of the molecule is COc1cccnc1C(Cc1cccc(Br)c1)C(=O)O. The van der Waals surface area contributed by atoms with Crippen molar-refractivity contribution in [3.63, 3.8) is 0 Å². The van der Waals surface area contributed by atoms with Gasteiger partial charge in [0, 0.05) is 10.7 Å². The van der Waals surface area contributed by atoms with Gasteiger partial charge in [0.1, 0.15) is 11.7 Å². The van der Waals surface area contributed by atoms with Crippen molar-refractivity contribution in [2.24, 2.45) is 0 Å². The Balaban J connectivity index is 2.34. The number of methoxy groups -OCH3 is 1. The highest BCUT2D eigenvalue weighted by Gasteiger charge is 2.25. The van der Waals surface area contributed by atoms with E-state index in [4.69, 9.17) is 4.74 Å². The second-order valence-electron chi connectivity index (χ2n) is 4.32. The normalized spacial score (nSPS) is 11.9. The molecule has 0 aliphatic carbocycles. The third-order valence-electron chi connectivity index (χ3n) is 2.98. The number of pyridine rings is 1. The van der Waals surface area contributed by atoms with E-state index in [0.29, 0.717) is 17.9 Å². The van der Waals surface area contributed by atoms with Gasteiger partial charge in [0.2, 0.25) is 0 Å². The van der Waals surface area contributed by atoms with E-state index in [9.17, 15) is 9.90 Å². The van der Waals surface area contributed by atoms with Crippen LogP contribution in [0.4, 0.5) is 0 Å². The molecule has 0 saturated heterocycles. The van der Waals surface area contributed by atoms with Crippen molar-refractivity contribution in [2.75, 3.05) is 7.11 Å². The molecule has 0 amide bonds. The van der Waals surface area contributed by atoms with Gasteiger partial charge in [-0.1, -0.05) is 28.1 Å². The van der Waals surface area contributed by atoms with Crippen LogP contribution in [-0.2, 0) is 11.2 Å². The second kappa shape index (κ2) is 6.52. The number of hydrogen-bond acceptors (Lipinski definition) is 3. The van der Waals surface area contributed by atoms with Gasteiger partial charge in [0.05, 0.1) is 12.8 Å². The molecule has 5 heteroatoms. The fourth-order valence-corrected chi connectivity index (χ4v) is 2.48. The fraction of sp³-hybridized carbons (Fsp3) is 0.200. The van der Waals surface area contributed by atoms with E-state index in [1.165, 1.54) is 7.11 Å². The number of aliphatic carboxylic acids is 1.